The molecule has 0 amide bonds. The van der Waals surface area contributed by atoms with Crippen LogP contribution in [0.2, 0.25) is 0 Å². The quantitative estimate of drug-likeness (QED) is 0.428. The molecule has 0 aliphatic heterocycles. The molecule has 0 aromatic carbocycles. The van der Waals surface area contributed by atoms with Crippen LogP contribution in [-0.4, -0.2) is 18.1 Å². The number of ether oxygens (including phenoxy) is 1. The van der Waals surface area contributed by atoms with E-state index in [1.165, 1.54) is 31.7 Å². The summed E-state index contributed by atoms with van der Waals surface area (Å²) in [4.78, 5) is 15.1. The maximum absolute atomic E-state index is 11.2. The number of nitrogens with zero attached hydrogens (tertiary/aromatic N) is 1. The van der Waals surface area contributed by atoms with Gasteiger partial charge in [0.1, 0.15) is 6.26 Å². The van der Waals surface area contributed by atoms with E-state index in [0.29, 0.717) is 17.0 Å². The van der Waals surface area contributed by atoms with Crippen LogP contribution >= 0.6 is 0 Å². The van der Waals surface area contributed by atoms with E-state index in [9.17, 15) is 4.79 Å². The molecule has 0 aliphatic carbocycles. The first-order valence-electron chi connectivity index (χ1n) is 4.20. The molecule has 15 heavy (non-hydrogen) atoms. The molecule has 0 radical (unpaired) electrons. The number of rotatable bonds is 4. The standard InChI is InChI=1S/C11H11NO3/c1-4-9(11(13)14-3)7-8(2)10-12-5-6-15-10/h4-7H,1-2H2,3H3/b9-7+. The van der Waals surface area contributed by atoms with Gasteiger partial charge in [-0.2, -0.15) is 0 Å². The number of hydrogen-bond acceptors (Lipinski definition) is 4. The average molecular weight is 205 g/mol. The van der Waals surface area contributed by atoms with Gasteiger partial charge in [0.25, 0.3) is 0 Å². The van der Waals surface area contributed by atoms with Crippen molar-refractivity contribution >= 4 is 11.5 Å². The predicted octanol–water partition coefficient (Wildman–Crippen LogP) is 1.97. The van der Waals surface area contributed by atoms with Crippen LogP contribution in [0.5, 0.6) is 0 Å². The van der Waals surface area contributed by atoms with E-state index >= 15 is 0 Å². The molecule has 0 saturated heterocycles. The van der Waals surface area contributed by atoms with Crippen molar-refractivity contribution in [3.05, 3.63) is 49.2 Å². The topological polar surface area (TPSA) is 52.3 Å². The molecule has 4 heteroatoms. The molecule has 4 nitrogen and oxygen atoms in total. The Morgan fingerprint density at radius 1 is 1.67 bits per heavy atom. The van der Waals surface area contributed by atoms with Gasteiger partial charge in [0.05, 0.1) is 18.9 Å². The van der Waals surface area contributed by atoms with Gasteiger partial charge in [0.15, 0.2) is 0 Å². The van der Waals surface area contributed by atoms with Crippen LogP contribution in [0.25, 0.3) is 5.57 Å². The molecule has 0 fully saturated rings. The van der Waals surface area contributed by atoms with Gasteiger partial charge in [-0.25, -0.2) is 9.78 Å². The molecule has 0 saturated carbocycles. The Hall–Kier alpha value is -2.10. The van der Waals surface area contributed by atoms with Crippen molar-refractivity contribution in [1.82, 2.24) is 4.98 Å². The maximum Gasteiger partial charge on any atom is 0.337 e. The molecule has 1 rings (SSSR count). The molecular formula is C11H11NO3. The van der Waals surface area contributed by atoms with Crippen LogP contribution < -0.4 is 0 Å². The minimum atomic E-state index is -0.474. The van der Waals surface area contributed by atoms with Crippen LogP contribution in [0.15, 0.2) is 47.8 Å². The van der Waals surface area contributed by atoms with E-state index in [0.717, 1.165) is 0 Å². The largest absolute Gasteiger partial charge is 0.465 e. The van der Waals surface area contributed by atoms with E-state index in [2.05, 4.69) is 22.9 Å². The monoisotopic (exact) mass is 205 g/mol. The fourth-order valence-corrected chi connectivity index (χ4v) is 0.951. The van der Waals surface area contributed by atoms with Crippen molar-refractivity contribution in [2.75, 3.05) is 7.11 Å². The Balaban J connectivity index is 2.90. The number of carbonyl (C=O) groups is 1. The third-order valence-electron chi connectivity index (χ3n) is 1.68. The number of carbonyl (C=O) groups excluding carboxylic acids is 1. The van der Waals surface area contributed by atoms with Crippen LogP contribution in [0.3, 0.4) is 0 Å². The number of oxazole rings is 1. The van der Waals surface area contributed by atoms with Gasteiger partial charge >= 0.3 is 5.97 Å². The van der Waals surface area contributed by atoms with Crippen LogP contribution in [0, 0.1) is 0 Å². The lowest BCUT2D eigenvalue weighted by atomic mass is 10.1. The van der Waals surface area contributed by atoms with E-state index in [1.54, 1.807) is 0 Å². The van der Waals surface area contributed by atoms with Crippen LogP contribution in [0.4, 0.5) is 0 Å². The molecule has 0 bridgehead atoms. The summed E-state index contributed by atoms with van der Waals surface area (Å²) in [6, 6.07) is 0. The minimum Gasteiger partial charge on any atom is -0.465 e. The Morgan fingerprint density at radius 2 is 2.40 bits per heavy atom. The van der Waals surface area contributed by atoms with Crippen LogP contribution in [0.1, 0.15) is 5.89 Å². The summed E-state index contributed by atoms with van der Waals surface area (Å²) in [7, 11) is 1.30. The lowest BCUT2D eigenvalue weighted by molar-refractivity contribution is -0.135. The number of hydrogen-bond donors (Lipinski definition) is 0. The van der Waals surface area contributed by atoms with Crippen molar-refractivity contribution in [1.29, 1.82) is 0 Å². The summed E-state index contributed by atoms with van der Waals surface area (Å²) in [5, 5.41) is 0. The molecule has 78 valence electrons. The number of aromatic nitrogens is 1. The third kappa shape index (κ3) is 2.67. The van der Waals surface area contributed by atoms with Crippen LogP contribution in [-0.2, 0) is 9.53 Å². The molecule has 0 N–H and O–H groups in total. The molecule has 0 atom stereocenters. The second kappa shape index (κ2) is 4.95. The van der Waals surface area contributed by atoms with Gasteiger partial charge in [0.2, 0.25) is 5.89 Å². The summed E-state index contributed by atoms with van der Waals surface area (Å²) in [6.45, 7) is 7.22. The number of allylic oxidation sites excluding steroid dienone is 2. The summed E-state index contributed by atoms with van der Waals surface area (Å²) < 4.78 is 9.56. The second-order valence-corrected chi connectivity index (χ2v) is 2.66. The molecule has 0 unspecified atom stereocenters. The van der Waals surface area contributed by atoms with Gasteiger partial charge in [-0.1, -0.05) is 19.2 Å². The summed E-state index contributed by atoms with van der Waals surface area (Å²) >= 11 is 0. The maximum atomic E-state index is 11.2. The SMILES string of the molecule is C=C/C(=C\C(=C)c1ncco1)C(=O)OC. The predicted molar refractivity (Wildman–Crippen MR) is 55.8 cm³/mol. The average Bonchev–Trinajstić information content (AvgIpc) is 2.77. The zero-order valence-electron chi connectivity index (χ0n) is 8.40. The highest BCUT2D eigenvalue weighted by Crippen LogP contribution is 2.14. The lowest BCUT2D eigenvalue weighted by Gasteiger charge is -1.99. The Kier molecular flexibility index (Phi) is 3.62. The molecule has 0 aliphatic rings. The first kappa shape index (κ1) is 11.0. The normalized spacial score (nSPS) is 10.9. The third-order valence-corrected chi connectivity index (χ3v) is 1.68. The van der Waals surface area contributed by atoms with Crippen molar-refractivity contribution in [2.45, 2.75) is 0 Å². The van der Waals surface area contributed by atoms with Gasteiger partial charge in [0, 0.05) is 5.57 Å². The molecule has 1 heterocycles. The molecule has 1 aromatic rings. The highest BCUT2D eigenvalue weighted by atomic mass is 16.5. The van der Waals surface area contributed by atoms with Gasteiger partial charge in [-0.05, 0) is 6.08 Å². The fraction of sp³-hybridized carbons (Fsp3) is 0.0909. The van der Waals surface area contributed by atoms with E-state index in [4.69, 9.17) is 4.42 Å². The fourth-order valence-electron chi connectivity index (χ4n) is 0.951. The molecular weight excluding hydrogens is 194 g/mol. The summed E-state index contributed by atoms with van der Waals surface area (Å²) in [6.07, 6.45) is 5.82. The highest BCUT2D eigenvalue weighted by molar-refractivity contribution is 5.94. The van der Waals surface area contributed by atoms with Crippen molar-refractivity contribution < 1.29 is 13.9 Å². The Bertz CT molecular complexity index is 401. The molecule has 1 aromatic heterocycles. The Morgan fingerprint density at radius 3 is 2.87 bits per heavy atom. The van der Waals surface area contributed by atoms with Crippen molar-refractivity contribution in [3.63, 3.8) is 0 Å². The minimum absolute atomic E-state index is 0.306. The highest BCUT2D eigenvalue weighted by Gasteiger charge is 2.08. The van der Waals surface area contributed by atoms with E-state index in [-0.39, 0.29) is 0 Å². The summed E-state index contributed by atoms with van der Waals surface area (Å²) in [5.74, 6) is -0.115. The first-order valence-corrected chi connectivity index (χ1v) is 4.20. The lowest BCUT2D eigenvalue weighted by Crippen LogP contribution is -2.02. The summed E-state index contributed by atoms with van der Waals surface area (Å²) in [5.41, 5.74) is 0.793. The number of methoxy groups -OCH3 is 1. The molecule has 0 spiro atoms. The van der Waals surface area contributed by atoms with E-state index < -0.39 is 5.97 Å². The van der Waals surface area contributed by atoms with Crippen molar-refractivity contribution in [3.8, 4) is 0 Å². The van der Waals surface area contributed by atoms with Gasteiger partial charge < -0.3 is 9.15 Å². The zero-order chi connectivity index (χ0) is 11.3. The van der Waals surface area contributed by atoms with Gasteiger partial charge in [-0.3, -0.25) is 0 Å². The van der Waals surface area contributed by atoms with Crippen molar-refractivity contribution in [2.24, 2.45) is 0 Å². The van der Waals surface area contributed by atoms with E-state index in [1.807, 2.05) is 0 Å². The smallest absolute Gasteiger partial charge is 0.337 e. The van der Waals surface area contributed by atoms with Gasteiger partial charge in [-0.15, -0.1) is 0 Å². The second-order valence-electron chi connectivity index (χ2n) is 2.66. The first-order chi connectivity index (χ1) is 7.19. The zero-order valence-corrected chi connectivity index (χ0v) is 8.40. The number of esters is 1. The Labute approximate surface area is 87.6 Å².